The first kappa shape index (κ1) is 18.5. The Labute approximate surface area is 150 Å². The first-order valence-corrected chi connectivity index (χ1v) is 9.29. The Morgan fingerprint density at radius 1 is 1.29 bits per heavy atom. The summed E-state index contributed by atoms with van der Waals surface area (Å²) in [5.74, 6) is 1.93. The lowest BCUT2D eigenvalue weighted by Gasteiger charge is -2.09. The van der Waals surface area contributed by atoms with Gasteiger partial charge >= 0.3 is 0 Å². The number of thioether (sulfide) groups is 1. The summed E-state index contributed by atoms with van der Waals surface area (Å²) in [6.07, 6.45) is 0. The van der Waals surface area contributed by atoms with Crippen LogP contribution in [0.3, 0.4) is 0 Å². The van der Waals surface area contributed by atoms with Gasteiger partial charge in [-0.25, -0.2) is 0 Å². The lowest BCUT2D eigenvalue weighted by atomic mass is 10.1. The van der Waals surface area contributed by atoms with Crippen LogP contribution in [-0.2, 0) is 0 Å². The normalized spacial score (nSPS) is 10.7. The first-order valence-electron chi connectivity index (χ1n) is 7.49. The van der Waals surface area contributed by atoms with Crippen molar-refractivity contribution in [3.05, 3.63) is 23.8 Å². The van der Waals surface area contributed by atoms with Crippen molar-refractivity contribution in [3.63, 3.8) is 0 Å². The van der Waals surface area contributed by atoms with E-state index in [-0.39, 0.29) is 11.5 Å². The van der Waals surface area contributed by atoms with E-state index in [1.54, 1.807) is 32.4 Å². The van der Waals surface area contributed by atoms with E-state index in [1.165, 1.54) is 23.1 Å². The van der Waals surface area contributed by atoms with Gasteiger partial charge in [-0.3, -0.25) is 4.79 Å². The predicted molar refractivity (Wildman–Crippen MR) is 97.8 cm³/mol. The molecule has 8 heteroatoms. The second-order valence-electron chi connectivity index (χ2n) is 5.43. The smallest absolute Gasteiger partial charge is 0.206 e. The van der Waals surface area contributed by atoms with Crippen molar-refractivity contribution >= 4 is 34.0 Å². The molecule has 0 aliphatic rings. The van der Waals surface area contributed by atoms with Crippen LogP contribution >= 0.6 is 23.1 Å². The molecule has 0 saturated carbocycles. The molecule has 2 rings (SSSR count). The van der Waals surface area contributed by atoms with Crippen molar-refractivity contribution in [2.45, 2.75) is 18.2 Å². The zero-order valence-corrected chi connectivity index (χ0v) is 15.8. The molecule has 24 heavy (non-hydrogen) atoms. The highest BCUT2D eigenvalue weighted by Crippen LogP contribution is 2.29. The Morgan fingerprint density at radius 2 is 2.08 bits per heavy atom. The minimum Gasteiger partial charge on any atom is -0.497 e. The monoisotopic (exact) mass is 367 g/mol. The molecule has 0 unspecified atom stereocenters. The molecule has 0 amide bonds. The van der Waals surface area contributed by atoms with Crippen LogP contribution in [0.4, 0.5) is 5.13 Å². The molecule has 1 heterocycles. The van der Waals surface area contributed by atoms with Crippen molar-refractivity contribution in [2.24, 2.45) is 5.92 Å². The number of benzene rings is 1. The standard InChI is InChI=1S/C16H21N3O3S2/c1-10(2)8-17-15-18-19-16(24-15)23-9-13(20)12-7-11(21-3)5-6-14(12)22-4/h5-7,10H,8-9H2,1-4H3,(H,17,18). The molecular weight excluding hydrogens is 346 g/mol. The fourth-order valence-electron chi connectivity index (χ4n) is 1.87. The number of carbonyl (C=O) groups is 1. The van der Waals surface area contributed by atoms with E-state index in [1.807, 2.05) is 0 Å². The van der Waals surface area contributed by atoms with Crippen LogP contribution in [0.15, 0.2) is 22.5 Å². The average Bonchev–Trinajstić information content (AvgIpc) is 3.05. The Morgan fingerprint density at radius 3 is 2.75 bits per heavy atom. The van der Waals surface area contributed by atoms with Crippen molar-refractivity contribution in [1.29, 1.82) is 0 Å². The molecule has 2 aromatic rings. The quantitative estimate of drug-likeness (QED) is 0.536. The number of hydrogen-bond acceptors (Lipinski definition) is 8. The Balaban J connectivity index is 1.98. The summed E-state index contributed by atoms with van der Waals surface area (Å²) in [6, 6.07) is 5.19. The Kier molecular flexibility index (Phi) is 6.86. The van der Waals surface area contributed by atoms with Gasteiger partial charge in [-0.2, -0.15) is 0 Å². The van der Waals surface area contributed by atoms with Crippen LogP contribution in [0.2, 0.25) is 0 Å². The molecule has 0 atom stereocenters. The molecule has 0 aliphatic carbocycles. The summed E-state index contributed by atoms with van der Waals surface area (Å²) in [4.78, 5) is 12.5. The second-order valence-corrected chi connectivity index (χ2v) is 7.63. The van der Waals surface area contributed by atoms with Gasteiger partial charge in [-0.05, 0) is 24.1 Å². The molecule has 1 aromatic heterocycles. The molecule has 0 saturated heterocycles. The first-order chi connectivity index (χ1) is 11.5. The minimum absolute atomic E-state index is 0.0392. The molecule has 0 bridgehead atoms. The lowest BCUT2D eigenvalue weighted by Crippen LogP contribution is -2.07. The zero-order valence-electron chi connectivity index (χ0n) is 14.2. The summed E-state index contributed by atoms with van der Waals surface area (Å²) in [5, 5.41) is 12.2. The molecule has 1 aromatic carbocycles. The minimum atomic E-state index is -0.0392. The van der Waals surface area contributed by atoms with Crippen LogP contribution in [0, 0.1) is 5.92 Å². The predicted octanol–water partition coefficient (Wildman–Crippen LogP) is 3.60. The number of nitrogens with zero attached hydrogens (tertiary/aromatic N) is 2. The maximum absolute atomic E-state index is 12.5. The second kappa shape index (κ2) is 8.89. The number of aromatic nitrogens is 2. The summed E-state index contributed by atoms with van der Waals surface area (Å²) in [6.45, 7) is 5.10. The molecule has 6 nitrogen and oxygen atoms in total. The Bertz CT molecular complexity index is 689. The number of Topliss-reactive ketones (excluding diaryl/α,β-unsaturated/α-hetero) is 1. The fraction of sp³-hybridized carbons (Fsp3) is 0.438. The fourth-order valence-corrected chi connectivity index (χ4v) is 3.51. The van der Waals surface area contributed by atoms with Crippen LogP contribution in [-0.4, -0.2) is 42.5 Å². The number of methoxy groups -OCH3 is 2. The van der Waals surface area contributed by atoms with Crippen molar-refractivity contribution < 1.29 is 14.3 Å². The van der Waals surface area contributed by atoms with E-state index >= 15 is 0 Å². The highest BCUT2D eigenvalue weighted by atomic mass is 32.2. The van der Waals surface area contributed by atoms with E-state index in [9.17, 15) is 4.79 Å². The van der Waals surface area contributed by atoms with Gasteiger partial charge in [0, 0.05) is 6.54 Å². The van der Waals surface area contributed by atoms with Gasteiger partial charge < -0.3 is 14.8 Å². The molecule has 0 aliphatic heterocycles. The number of ether oxygens (including phenoxy) is 2. The molecule has 0 radical (unpaired) electrons. The van der Waals surface area contributed by atoms with Gasteiger partial charge in [-0.1, -0.05) is 36.9 Å². The van der Waals surface area contributed by atoms with Gasteiger partial charge in [0.05, 0.1) is 25.5 Å². The van der Waals surface area contributed by atoms with E-state index in [4.69, 9.17) is 9.47 Å². The topological polar surface area (TPSA) is 73.3 Å². The van der Waals surface area contributed by atoms with Crippen LogP contribution in [0.5, 0.6) is 11.5 Å². The molecule has 0 fully saturated rings. The summed E-state index contributed by atoms with van der Waals surface area (Å²) < 4.78 is 11.2. The molecule has 0 spiro atoms. The third kappa shape index (κ3) is 5.10. The number of ketones is 1. The Hall–Kier alpha value is -1.80. The van der Waals surface area contributed by atoms with E-state index in [0.717, 1.165) is 16.0 Å². The van der Waals surface area contributed by atoms with Crippen molar-refractivity contribution in [3.8, 4) is 11.5 Å². The van der Waals surface area contributed by atoms with Gasteiger partial charge in [0.15, 0.2) is 10.1 Å². The summed E-state index contributed by atoms with van der Waals surface area (Å²) >= 11 is 2.82. The van der Waals surface area contributed by atoms with Gasteiger partial charge in [0.2, 0.25) is 5.13 Å². The number of rotatable bonds is 9. The SMILES string of the molecule is COc1ccc(OC)c(C(=O)CSc2nnc(NCC(C)C)s2)c1. The third-order valence-electron chi connectivity index (χ3n) is 3.10. The van der Waals surface area contributed by atoms with Crippen molar-refractivity contribution in [1.82, 2.24) is 10.2 Å². The van der Waals surface area contributed by atoms with E-state index in [0.29, 0.717) is 23.0 Å². The highest BCUT2D eigenvalue weighted by Gasteiger charge is 2.15. The van der Waals surface area contributed by atoms with Crippen LogP contribution in [0.1, 0.15) is 24.2 Å². The molecule has 130 valence electrons. The highest BCUT2D eigenvalue weighted by molar-refractivity contribution is 8.01. The van der Waals surface area contributed by atoms with Crippen LogP contribution in [0.25, 0.3) is 0 Å². The molecular formula is C16H21N3O3S2. The lowest BCUT2D eigenvalue weighted by molar-refractivity contribution is 0.101. The van der Waals surface area contributed by atoms with Gasteiger partial charge in [0.25, 0.3) is 0 Å². The molecule has 1 N–H and O–H groups in total. The third-order valence-corrected chi connectivity index (χ3v) is 5.12. The van der Waals surface area contributed by atoms with Gasteiger partial charge in [0.1, 0.15) is 11.5 Å². The van der Waals surface area contributed by atoms with Crippen LogP contribution < -0.4 is 14.8 Å². The average molecular weight is 367 g/mol. The summed E-state index contributed by atoms with van der Waals surface area (Å²) in [5.41, 5.74) is 0.507. The number of anilines is 1. The largest absolute Gasteiger partial charge is 0.497 e. The maximum Gasteiger partial charge on any atom is 0.206 e. The number of nitrogens with one attached hydrogen (secondary N) is 1. The van der Waals surface area contributed by atoms with E-state index in [2.05, 4.69) is 29.4 Å². The summed E-state index contributed by atoms with van der Waals surface area (Å²) in [7, 11) is 3.11. The van der Waals surface area contributed by atoms with E-state index < -0.39 is 0 Å². The van der Waals surface area contributed by atoms with Gasteiger partial charge in [-0.15, -0.1) is 10.2 Å². The van der Waals surface area contributed by atoms with Crippen molar-refractivity contribution in [2.75, 3.05) is 31.8 Å². The number of carbonyl (C=O) groups excluding carboxylic acids is 1. The maximum atomic E-state index is 12.5. The number of hydrogen-bond donors (Lipinski definition) is 1. The zero-order chi connectivity index (χ0) is 17.5.